The van der Waals surface area contributed by atoms with Gasteiger partial charge in [0.05, 0.1) is 30.5 Å². The summed E-state index contributed by atoms with van der Waals surface area (Å²) >= 11 is 2.84. The van der Waals surface area contributed by atoms with Crippen molar-refractivity contribution in [2.24, 2.45) is 0 Å². The topological polar surface area (TPSA) is 85.7 Å². The number of fused-ring (bicyclic) bond motifs is 3. The van der Waals surface area contributed by atoms with Gasteiger partial charge in [-0.15, -0.1) is 11.3 Å². The monoisotopic (exact) mass is 488 g/mol. The van der Waals surface area contributed by atoms with E-state index in [4.69, 9.17) is 14.5 Å². The minimum atomic E-state index is -0.132. The van der Waals surface area contributed by atoms with Crippen molar-refractivity contribution < 1.29 is 14.3 Å². The number of rotatable bonds is 9. The number of aromatic nitrogens is 2. The third-order valence-electron chi connectivity index (χ3n) is 5.64. The van der Waals surface area contributed by atoms with Gasteiger partial charge in [0.2, 0.25) is 5.91 Å². The molecule has 2 aromatic heterocycles. The summed E-state index contributed by atoms with van der Waals surface area (Å²) in [6.45, 7) is 5.80. The number of amides is 1. The summed E-state index contributed by atoms with van der Waals surface area (Å²) in [5.74, 6) is 0.673. The van der Waals surface area contributed by atoms with Gasteiger partial charge in [0.25, 0.3) is 5.56 Å². The van der Waals surface area contributed by atoms with E-state index in [9.17, 15) is 9.59 Å². The maximum absolute atomic E-state index is 13.8. The minimum absolute atomic E-state index is 0.0991. The van der Waals surface area contributed by atoms with Crippen LogP contribution in [0.2, 0.25) is 0 Å². The number of nitrogens with zero attached hydrogens (tertiary/aromatic N) is 3. The first-order valence-corrected chi connectivity index (χ1v) is 12.7. The molecule has 8 nitrogen and oxygen atoms in total. The molecule has 4 rings (SSSR count). The van der Waals surface area contributed by atoms with Crippen LogP contribution in [-0.2, 0) is 22.5 Å². The largest absolute Gasteiger partial charge is 0.497 e. The molecular weight excluding hydrogens is 460 g/mol. The van der Waals surface area contributed by atoms with Crippen LogP contribution in [0.4, 0.5) is 0 Å². The Bertz CT molecular complexity index is 1210. The molecule has 0 spiro atoms. The van der Waals surface area contributed by atoms with Gasteiger partial charge in [-0.05, 0) is 30.7 Å². The van der Waals surface area contributed by atoms with E-state index in [2.05, 4.69) is 17.1 Å². The number of thioether (sulfide) groups is 1. The maximum atomic E-state index is 13.8. The fourth-order valence-electron chi connectivity index (χ4n) is 3.89. The first-order chi connectivity index (χ1) is 16.0. The van der Waals surface area contributed by atoms with E-state index >= 15 is 0 Å². The van der Waals surface area contributed by atoms with Gasteiger partial charge in [-0.3, -0.25) is 19.1 Å². The highest BCUT2D eigenvalue weighted by atomic mass is 32.2. The molecule has 0 unspecified atom stereocenters. The molecule has 0 bridgehead atoms. The Morgan fingerprint density at radius 3 is 2.94 bits per heavy atom. The Kier molecular flexibility index (Phi) is 7.69. The van der Waals surface area contributed by atoms with Gasteiger partial charge in [0, 0.05) is 37.7 Å². The Morgan fingerprint density at radius 1 is 1.33 bits per heavy atom. The number of hydrogen-bond acceptors (Lipinski definition) is 8. The molecule has 0 radical (unpaired) electrons. The molecular formula is C23H28N4O4S2. The van der Waals surface area contributed by atoms with E-state index < -0.39 is 0 Å². The van der Waals surface area contributed by atoms with Crippen molar-refractivity contribution in [3.05, 3.63) is 45.1 Å². The normalized spacial score (nSPS) is 13.8. The number of hydrogen-bond donors (Lipinski definition) is 1. The second-order valence-corrected chi connectivity index (χ2v) is 9.70. The van der Waals surface area contributed by atoms with Gasteiger partial charge in [-0.25, -0.2) is 4.98 Å². The molecule has 1 aliphatic rings. The summed E-state index contributed by atoms with van der Waals surface area (Å²) in [7, 11) is 3.19. The van der Waals surface area contributed by atoms with E-state index in [0.29, 0.717) is 35.1 Å². The first kappa shape index (κ1) is 23.7. The number of benzene rings is 1. The van der Waals surface area contributed by atoms with Gasteiger partial charge in [-0.1, -0.05) is 24.8 Å². The van der Waals surface area contributed by atoms with Gasteiger partial charge in [0.1, 0.15) is 10.6 Å². The summed E-state index contributed by atoms with van der Waals surface area (Å²) in [5.41, 5.74) is 1.68. The van der Waals surface area contributed by atoms with Crippen LogP contribution in [0, 0.1) is 0 Å². The molecule has 0 saturated heterocycles. The van der Waals surface area contributed by atoms with Crippen molar-refractivity contribution in [1.82, 2.24) is 19.8 Å². The summed E-state index contributed by atoms with van der Waals surface area (Å²) in [5, 5.41) is 4.00. The van der Waals surface area contributed by atoms with Gasteiger partial charge >= 0.3 is 0 Å². The number of nitrogens with one attached hydrogen (secondary N) is 1. The van der Waals surface area contributed by atoms with Crippen molar-refractivity contribution >= 4 is 39.2 Å². The molecule has 0 saturated carbocycles. The van der Waals surface area contributed by atoms with Crippen LogP contribution in [-0.4, -0.2) is 66.6 Å². The molecule has 1 amide bonds. The van der Waals surface area contributed by atoms with Crippen molar-refractivity contribution in [2.75, 3.05) is 46.2 Å². The highest BCUT2D eigenvalue weighted by molar-refractivity contribution is 7.99. The van der Waals surface area contributed by atoms with Crippen LogP contribution < -0.4 is 15.6 Å². The van der Waals surface area contributed by atoms with Crippen LogP contribution in [0.15, 0.2) is 34.2 Å². The van der Waals surface area contributed by atoms with E-state index in [0.717, 1.165) is 36.4 Å². The van der Waals surface area contributed by atoms with Gasteiger partial charge in [-0.2, -0.15) is 0 Å². The van der Waals surface area contributed by atoms with Crippen molar-refractivity contribution in [2.45, 2.75) is 25.0 Å². The third-order valence-corrected chi connectivity index (χ3v) is 7.69. The lowest BCUT2D eigenvalue weighted by molar-refractivity contribution is -0.118. The predicted octanol–water partition coefficient (Wildman–Crippen LogP) is 2.69. The maximum Gasteiger partial charge on any atom is 0.267 e. The van der Waals surface area contributed by atoms with Crippen molar-refractivity contribution in [3.63, 3.8) is 0 Å². The average molecular weight is 489 g/mol. The molecule has 10 heteroatoms. The molecule has 3 heterocycles. The molecule has 1 aliphatic heterocycles. The van der Waals surface area contributed by atoms with Crippen molar-refractivity contribution in [1.29, 1.82) is 0 Å². The number of ether oxygens (including phenoxy) is 2. The summed E-state index contributed by atoms with van der Waals surface area (Å²) < 4.78 is 12.0. The lowest BCUT2D eigenvalue weighted by atomic mass is 10.1. The quantitative estimate of drug-likeness (QED) is 0.282. The van der Waals surface area contributed by atoms with E-state index in [1.165, 1.54) is 16.6 Å². The Labute approximate surface area is 200 Å². The van der Waals surface area contributed by atoms with Gasteiger partial charge < -0.3 is 14.8 Å². The molecule has 1 N–H and O–H groups in total. The zero-order valence-corrected chi connectivity index (χ0v) is 20.7. The second-order valence-electron chi connectivity index (χ2n) is 7.67. The second kappa shape index (κ2) is 10.7. The lowest BCUT2D eigenvalue weighted by Gasteiger charge is -2.25. The van der Waals surface area contributed by atoms with Gasteiger partial charge in [0.15, 0.2) is 5.16 Å². The third kappa shape index (κ3) is 5.08. The Hall–Kier alpha value is -2.40. The van der Waals surface area contributed by atoms with Crippen LogP contribution in [0.1, 0.15) is 17.4 Å². The van der Waals surface area contributed by atoms with E-state index in [1.807, 2.05) is 24.3 Å². The molecule has 176 valence electrons. The minimum Gasteiger partial charge on any atom is -0.497 e. The standard InChI is InChI=1S/C23H28N4O4S2/c1-4-26-10-8-17-18(13-26)33-21-20(17)22(29)27(15-6-5-7-16(12-15)31-3)23(25-21)32-14-19(28)24-9-11-30-2/h5-7,12H,4,8-11,13-14H2,1-3H3,(H,24,28). The number of likely N-dealkylation sites (N-methyl/N-ethyl adjacent to an activating group) is 1. The predicted molar refractivity (Wildman–Crippen MR) is 132 cm³/mol. The summed E-state index contributed by atoms with van der Waals surface area (Å²) in [6.07, 6.45) is 0.840. The summed E-state index contributed by atoms with van der Waals surface area (Å²) in [6, 6.07) is 7.36. The zero-order chi connectivity index (χ0) is 23.4. The fraction of sp³-hybridized carbons (Fsp3) is 0.435. The first-order valence-electron chi connectivity index (χ1n) is 10.9. The highest BCUT2D eigenvalue weighted by Gasteiger charge is 2.25. The zero-order valence-electron chi connectivity index (χ0n) is 19.1. The Balaban J connectivity index is 1.77. The summed E-state index contributed by atoms with van der Waals surface area (Å²) in [4.78, 5) is 35.3. The molecule has 0 atom stereocenters. The number of carbonyl (C=O) groups is 1. The lowest BCUT2D eigenvalue weighted by Crippen LogP contribution is -2.30. The van der Waals surface area contributed by atoms with Crippen LogP contribution in [0.5, 0.6) is 5.75 Å². The smallest absolute Gasteiger partial charge is 0.267 e. The van der Waals surface area contributed by atoms with E-state index in [-0.39, 0.29) is 17.2 Å². The SMILES string of the molecule is CCN1CCc2c(sc3nc(SCC(=O)NCCOC)n(-c4cccc(OC)c4)c(=O)c23)C1. The van der Waals surface area contributed by atoms with Crippen molar-refractivity contribution in [3.8, 4) is 11.4 Å². The highest BCUT2D eigenvalue weighted by Crippen LogP contribution is 2.34. The van der Waals surface area contributed by atoms with Crippen LogP contribution >= 0.6 is 23.1 Å². The number of carbonyl (C=O) groups excluding carboxylic acids is 1. The number of methoxy groups -OCH3 is 2. The molecule has 33 heavy (non-hydrogen) atoms. The Morgan fingerprint density at radius 2 is 2.18 bits per heavy atom. The fourth-order valence-corrected chi connectivity index (χ4v) is 6.04. The molecule has 3 aromatic rings. The van der Waals surface area contributed by atoms with Crippen LogP contribution in [0.3, 0.4) is 0 Å². The van der Waals surface area contributed by atoms with Crippen LogP contribution in [0.25, 0.3) is 15.9 Å². The number of thiophene rings is 1. The van der Waals surface area contributed by atoms with E-state index in [1.54, 1.807) is 30.1 Å². The average Bonchev–Trinajstić information content (AvgIpc) is 3.20. The molecule has 0 fully saturated rings. The molecule has 0 aliphatic carbocycles. The molecule has 1 aromatic carbocycles.